The zero-order valence-corrected chi connectivity index (χ0v) is 25.8. The molecule has 1 saturated carbocycles. The van der Waals surface area contributed by atoms with E-state index in [1.165, 1.54) is 18.1 Å². The number of carbonyl (C=O) groups excluding carboxylic acids is 2. The largest absolute Gasteiger partial charge is 0.506 e. The maximum Gasteiger partial charge on any atom is 0.254 e. The van der Waals surface area contributed by atoms with Gasteiger partial charge in [0.25, 0.3) is 5.91 Å². The van der Waals surface area contributed by atoms with Crippen molar-refractivity contribution in [2.75, 3.05) is 27.3 Å². The SMILES string of the molecule is CNCc1cccc2c1CN(CC(=O)c1c(C3CCCC3)cc3cc(OC)cc(OC4OC(CO)C(O)C(O)C4O)c3c1O)C2=O. The van der Waals surface area contributed by atoms with Crippen LogP contribution in [-0.4, -0.2) is 100 Å². The van der Waals surface area contributed by atoms with E-state index in [-0.39, 0.29) is 47.4 Å². The second-order valence-electron chi connectivity index (χ2n) is 12.3. The summed E-state index contributed by atoms with van der Waals surface area (Å²) in [5.74, 6) is -0.645. The van der Waals surface area contributed by atoms with Crippen molar-refractivity contribution >= 4 is 22.5 Å². The lowest BCUT2D eigenvalue weighted by atomic mass is 9.87. The Balaban J connectivity index is 1.41. The number of methoxy groups -OCH3 is 1. The average molecular weight is 637 g/mol. The van der Waals surface area contributed by atoms with Gasteiger partial charge < -0.3 is 50.0 Å². The molecule has 0 bridgehead atoms. The maximum atomic E-state index is 14.2. The number of hydrogen-bond donors (Lipinski definition) is 6. The van der Waals surface area contributed by atoms with Crippen molar-refractivity contribution < 1.29 is 49.3 Å². The first-order valence-electron chi connectivity index (χ1n) is 15.6. The second kappa shape index (κ2) is 13.1. The Hall–Kier alpha value is -3.78. The summed E-state index contributed by atoms with van der Waals surface area (Å²) in [4.78, 5) is 29.1. The molecule has 2 aliphatic heterocycles. The number of phenols is 1. The minimum Gasteiger partial charge on any atom is -0.506 e. The second-order valence-corrected chi connectivity index (χ2v) is 12.3. The van der Waals surface area contributed by atoms with E-state index < -0.39 is 43.1 Å². The molecule has 6 N–H and O–H groups in total. The van der Waals surface area contributed by atoms with Crippen LogP contribution in [0.25, 0.3) is 10.8 Å². The summed E-state index contributed by atoms with van der Waals surface area (Å²) in [5, 5.41) is 56.6. The van der Waals surface area contributed by atoms with E-state index >= 15 is 0 Å². The lowest BCUT2D eigenvalue weighted by Gasteiger charge is -2.39. The van der Waals surface area contributed by atoms with Crippen LogP contribution in [-0.2, 0) is 17.8 Å². The monoisotopic (exact) mass is 636 g/mol. The number of aliphatic hydroxyl groups is 4. The number of aliphatic hydroxyl groups excluding tert-OH is 4. The van der Waals surface area contributed by atoms with Crippen molar-refractivity contribution in [2.24, 2.45) is 0 Å². The number of hydrogen-bond acceptors (Lipinski definition) is 11. The van der Waals surface area contributed by atoms with Gasteiger partial charge in [-0.25, -0.2) is 0 Å². The zero-order chi connectivity index (χ0) is 32.7. The third kappa shape index (κ3) is 5.70. The number of nitrogens with one attached hydrogen (secondary N) is 1. The van der Waals surface area contributed by atoms with E-state index in [1.54, 1.807) is 12.1 Å². The van der Waals surface area contributed by atoms with Gasteiger partial charge in [-0.2, -0.15) is 0 Å². The number of Topliss-reactive ketones (excluding diaryl/α,β-unsaturated/α-hetero) is 1. The third-order valence-electron chi connectivity index (χ3n) is 9.42. The Kier molecular flexibility index (Phi) is 9.19. The molecule has 6 rings (SSSR count). The highest BCUT2D eigenvalue weighted by molar-refractivity contribution is 6.11. The molecule has 2 heterocycles. The van der Waals surface area contributed by atoms with E-state index in [2.05, 4.69) is 5.32 Å². The van der Waals surface area contributed by atoms with Gasteiger partial charge in [-0.15, -0.1) is 0 Å². The number of nitrogens with zero attached hydrogens (tertiary/aromatic N) is 1. The fourth-order valence-electron chi connectivity index (χ4n) is 7.02. The molecular formula is C34H40N2O10. The van der Waals surface area contributed by atoms with Crippen LogP contribution in [0, 0.1) is 0 Å². The number of phenolic OH excluding ortho intramolecular Hbond substituents is 1. The van der Waals surface area contributed by atoms with Crippen LogP contribution in [0.1, 0.15) is 69.0 Å². The molecule has 12 nitrogen and oxygen atoms in total. The summed E-state index contributed by atoms with van der Waals surface area (Å²) >= 11 is 0. The molecule has 5 atom stereocenters. The topological polar surface area (TPSA) is 178 Å². The summed E-state index contributed by atoms with van der Waals surface area (Å²) in [6.45, 7) is -0.0397. The molecule has 46 heavy (non-hydrogen) atoms. The molecule has 3 aliphatic rings. The van der Waals surface area contributed by atoms with Gasteiger partial charge in [-0.1, -0.05) is 25.0 Å². The standard InChI is InChI=1S/C34H40N2O10/c1-35-13-18-8-5-9-21-23(18)14-36(33(21)43)15-24(38)28-22(17-6-3-4-7-17)11-19-10-20(44-2)12-25(27(19)30(28)40)45-34-32(42)31(41)29(39)26(16-37)46-34/h5,8-12,17,26,29,31-32,34-35,37,39-42H,3-4,6-7,13-16H2,1-2H3. The normalized spacial score (nSPS) is 24.9. The lowest BCUT2D eigenvalue weighted by Crippen LogP contribution is -2.60. The summed E-state index contributed by atoms with van der Waals surface area (Å²) in [7, 11) is 3.29. The van der Waals surface area contributed by atoms with Gasteiger partial charge in [0.05, 0.1) is 31.2 Å². The quantitative estimate of drug-likeness (QED) is 0.179. The Morgan fingerprint density at radius 2 is 1.85 bits per heavy atom. The van der Waals surface area contributed by atoms with Gasteiger partial charge in [-0.05, 0) is 66.1 Å². The van der Waals surface area contributed by atoms with E-state index in [0.29, 0.717) is 28.8 Å². The van der Waals surface area contributed by atoms with Crippen molar-refractivity contribution in [3.05, 3.63) is 64.2 Å². The number of carbonyl (C=O) groups is 2. The number of ketones is 1. The molecule has 1 aliphatic carbocycles. The van der Waals surface area contributed by atoms with E-state index in [4.69, 9.17) is 14.2 Å². The molecule has 246 valence electrons. The number of aromatic hydroxyl groups is 1. The fraction of sp³-hybridized carbons (Fsp3) is 0.471. The van der Waals surface area contributed by atoms with Crippen molar-refractivity contribution in [3.63, 3.8) is 0 Å². The molecule has 2 fully saturated rings. The molecule has 3 aromatic rings. The number of rotatable bonds is 10. The van der Waals surface area contributed by atoms with Crippen LogP contribution in [0.3, 0.4) is 0 Å². The highest BCUT2D eigenvalue weighted by atomic mass is 16.7. The highest BCUT2D eigenvalue weighted by Crippen LogP contribution is 2.46. The number of ether oxygens (including phenoxy) is 3. The van der Waals surface area contributed by atoms with E-state index in [0.717, 1.165) is 36.8 Å². The lowest BCUT2D eigenvalue weighted by molar-refractivity contribution is -0.277. The van der Waals surface area contributed by atoms with Crippen LogP contribution in [0.2, 0.25) is 0 Å². The van der Waals surface area contributed by atoms with Gasteiger partial charge in [0.1, 0.15) is 41.7 Å². The van der Waals surface area contributed by atoms with Gasteiger partial charge in [-0.3, -0.25) is 9.59 Å². The fourth-order valence-corrected chi connectivity index (χ4v) is 7.02. The molecular weight excluding hydrogens is 596 g/mol. The smallest absolute Gasteiger partial charge is 0.254 e. The Morgan fingerprint density at radius 3 is 2.54 bits per heavy atom. The van der Waals surface area contributed by atoms with Crippen LogP contribution in [0.15, 0.2) is 36.4 Å². The number of fused-ring (bicyclic) bond motifs is 2. The molecule has 0 radical (unpaired) electrons. The van der Waals surface area contributed by atoms with E-state index in [9.17, 15) is 35.1 Å². The zero-order valence-electron chi connectivity index (χ0n) is 25.8. The van der Waals surface area contributed by atoms with Crippen LogP contribution >= 0.6 is 0 Å². The molecule has 3 aromatic carbocycles. The van der Waals surface area contributed by atoms with Gasteiger partial charge in [0.2, 0.25) is 6.29 Å². The summed E-state index contributed by atoms with van der Waals surface area (Å²) < 4.78 is 17.1. The molecule has 1 saturated heterocycles. The van der Waals surface area contributed by atoms with Crippen LogP contribution < -0.4 is 14.8 Å². The van der Waals surface area contributed by atoms with Crippen LogP contribution in [0.5, 0.6) is 17.2 Å². The number of benzene rings is 3. The average Bonchev–Trinajstić information content (AvgIpc) is 3.70. The van der Waals surface area contributed by atoms with Crippen molar-refractivity contribution in [2.45, 2.75) is 75.4 Å². The molecule has 5 unspecified atom stereocenters. The molecule has 12 heteroatoms. The van der Waals surface area contributed by atoms with Gasteiger partial charge in [0, 0.05) is 24.7 Å². The van der Waals surface area contributed by atoms with Crippen molar-refractivity contribution in [1.29, 1.82) is 0 Å². The Morgan fingerprint density at radius 1 is 1.09 bits per heavy atom. The minimum atomic E-state index is -1.70. The summed E-state index contributed by atoms with van der Waals surface area (Å²) in [6, 6.07) is 10.5. The molecule has 0 aromatic heterocycles. The Bertz CT molecular complexity index is 1640. The molecule has 1 amide bonds. The highest BCUT2D eigenvalue weighted by Gasteiger charge is 2.45. The van der Waals surface area contributed by atoms with Crippen LogP contribution in [0.4, 0.5) is 0 Å². The van der Waals surface area contributed by atoms with Crippen molar-refractivity contribution in [3.8, 4) is 17.2 Å². The summed E-state index contributed by atoms with van der Waals surface area (Å²) in [5.41, 5.74) is 3.19. The first kappa shape index (κ1) is 32.2. The maximum absolute atomic E-state index is 14.2. The van der Waals surface area contributed by atoms with Crippen molar-refractivity contribution in [1.82, 2.24) is 10.2 Å². The molecule has 0 spiro atoms. The minimum absolute atomic E-state index is 0.00966. The predicted molar refractivity (Wildman–Crippen MR) is 166 cm³/mol. The summed E-state index contributed by atoms with van der Waals surface area (Å²) in [6.07, 6.45) is -4.07. The van der Waals surface area contributed by atoms with Gasteiger partial charge in [0.15, 0.2) is 5.78 Å². The first-order valence-corrected chi connectivity index (χ1v) is 15.6. The van der Waals surface area contributed by atoms with E-state index in [1.807, 2.05) is 25.2 Å². The first-order chi connectivity index (χ1) is 22.2. The van der Waals surface area contributed by atoms with Gasteiger partial charge >= 0.3 is 0 Å². The predicted octanol–water partition coefficient (Wildman–Crippen LogP) is 1.95. The Labute approximate surface area is 266 Å². The third-order valence-corrected chi connectivity index (χ3v) is 9.42. The number of amides is 1.